The molecule has 194 valence electrons. The summed E-state index contributed by atoms with van der Waals surface area (Å²) in [6, 6.07) is 15.2. The molecule has 2 aromatic heterocycles. The van der Waals surface area contributed by atoms with Crippen LogP contribution in [0.4, 0.5) is 5.69 Å². The molecule has 11 nitrogen and oxygen atoms in total. The fraction of sp³-hybridized carbons (Fsp3) is 0.385. The molecule has 1 N–H and O–H groups in total. The van der Waals surface area contributed by atoms with Crippen LogP contribution >= 0.6 is 0 Å². The highest BCUT2D eigenvalue weighted by atomic mass is 16.5. The van der Waals surface area contributed by atoms with Crippen LogP contribution in [0.15, 0.2) is 53.3 Å². The molecule has 1 aliphatic rings. The Hall–Kier alpha value is -3.96. The van der Waals surface area contributed by atoms with Crippen LogP contribution in [0.5, 0.6) is 11.5 Å². The lowest BCUT2D eigenvalue weighted by molar-refractivity contribution is 0.171. The predicted octanol–water partition coefficient (Wildman–Crippen LogP) is 2.09. The smallest absolute Gasteiger partial charge is 0.253 e. The lowest BCUT2D eigenvalue weighted by atomic mass is 10.0. The number of benzene rings is 2. The van der Waals surface area contributed by atoms with Crippen molar-refractivity contribution in [3.8, 4) is 11.5 Å². The molecule has 37 heavy (non-hydrogen) atoms. The maximum Gasteiger partial charge on any atom is 0.253 e. The average molecular weight is 506 g/mol. The third kappa shape index (κ3) is 5.13. The first-order valence-electron chi connectivity index (χ1n) is 12.2. The number of tetrazole rings is 1. The Balaban J connectivity index is 1.50. The number of aromatic amines is 1. The molecule has 11 heteroatoms. The zero-order chi connectivity index (χ0) is 25.8. The van der Waals surface area contributed by atoms with Crippen LogP contribution in [0.3, 0.4) is 0 Å². The van der Waals surface area contributed by atoms with Crippen molar-refractivity contribution < 1.29 is 14.2 Å². The molecule has 1 atom stereocenters. The Morgan fingerprint density at radius 1 is 0.946 bits per heavy atom. The second-order valence-corrected chi connectivity index (χ2v) is 8.88. The van der Waals surface area contributed by atoms with Gasteiger partial charge < -0.3 is 24.1 Å². The average Bonchev–Trinajstić information content (AvgIpc) is 3.40. The number of hydrogen-bond acceptors (Lipinski definition) is 9. The van der Waals surface area contributed by atoms with Crippen molar-refractivity contribution in [2.45, 2.75) is 12.6 Å². The maximum atomic E-state index is 13.4. The number of aromatic nitrogens is 5. The van der Waals surface area contributed by atoms with E-state index in [4.69, 9.17) is 14.2 Å². The van der Waals surface area contributed by atoms with Gasteiger partial charge in [-0.3, -0.25) is 9.69 Å². The zero-order valence-electron chi connectivity index (χ0n) is 21.3. The summed E-state index contributed by atoms with van der Waals surface area (Å²) in [5.74, 6) is 2.17. The highest BCUT2D eigenvalue weighted by Crippen LogP contribution is 2.30. The minimum absolute atomic E-state index is 0.165. The summed E-state index contributed by atoms with van der Waals surface area (Å²) in [7, 11) is 4.93. The number of ether oxygens (including phenoxy) is 3. The van der Waals surface area contributed by atoms with Crippen molar-refractivity contribution in [2.24, 2.45) is 0 Å². The number of piperazine rings is 1. The summed E-state index contributed by atoms with van der Waals surface area (Å²) >= 11 is 0. The normalized spacial score (nSPS) is 15.2. The molecule has 0 saturated carbocycles. The van der Waals surface area contributed by atoms with E-state index in [9.17, 15) is 4.79 Å². The van der Waals surface area contributed by atoms with Gasteiger partial charge in [-0.05, 0) is 59.0 Å². The number of methoxy groups -OCH3 is 3. The van der Waals surface area contributed by atoms with Crippen LogP contribution in [0, 0.1) is 0 Å². The van der Waals surface area contributed by atoms with Crippen molar-refractivity contribution in [3.05, 3.63) is 70.3 Å². The predicted molar refractivity (Wildman–Crippen MR) is 139 cm³/mol. The van der Waals surface area contributed by atoms with Crippen molar-refractivity contribution in [1.29, 1.82) is 0 Å². The van der Waals surface area contributed by atoms with E-state index in [0.717, 1.165) is 54.3 Å². The third-order valence-corrected chi connectivity index (χ3v) is 6.80. The number of nitrogens with zero attached hydrogens (tertiary/aromatic N) is 6. The van der Waals surface area contributed by atoms with E-state index in [1.54, 1.807) is 26.0 Å². The molecule has 0 radical (unpaired) electrons. The van der Waals surface area contributed by atoms with Gasteiger partial charge in [0.25, 0.3) is 5.56 Å². The summed E-state index contributed by atoms with van der Waals surface area (Å²) in [6.45, 7) is 3.98. The molecule has 0 bridgehead atoms. The van der Waals surface area contributed by atoms with Crippen LogP contribution in [-0.4, -0.2) is 84.2 Å². The fourth-order valence-corrected chi connectivity index (χ4v) is 4.81. The number of pyridine rings is 1. The van der Waals surface area contributed by atoms with Gasteiger partial charge in [-0.2, -0.15) is 0 Å². The molecule has 1 fully saturated rings. The fourth-order valence-electron chi connectivity index (χ4n) is 4.81. The van der Waals surface area contributed by atoms with Crippen molar-refractivity contribution in [1.82, 2.24) is 30.1 Å². The SMILES string of the molecule is COCCn1nnnc1C(c1cc2cc(OC)ccc2[nH]c1=O)N1CCN(c2ccc(OC)cc2)CC1. The monoisotopic (exact) mass is 505 g/mol. The van der Waals surface area contributed by atoms with Crippen LogP contribution in [0.2, 0.25) is 0 Å². The summed E-state index contributed by atoms with van der Waals surface area (Å²) in [5.41, 5.74) is 2.31. The largest absolute Gasteiger partial charge is 0.497 e. The van der Waals surface area contributed by atoms with E-state index >= 15 is 0 Å². The van der Waals surface area contributed by atoms with E-state index in [-0.39, 0.29) is 5.56 Å². The van der Waals surface area contributed by atoms with Crippen LogP contribution in [-0.2, 0) is 11.3 Å². The van der Waals surface area contributed by atoms with Crippen LogP contribution < -0.4 is 19.9 Å². The molecule has 0 aliphatic carbocycles. The van der Waals surface area contributed by atoms with E-state index in [1.807, 2.05) is 36.4 Å². The lowest BCUT2D eigenvalue weighted by Crippen LogP contribution is -2.49. The maximum absolute atomic E-state index is 13.4. The lowest BCUT2D eigenvalue weighted by Gasteiger charge is -2.39. The van der Waals surface area contributed by atoms with Crippen LogP contribution in [0.1, 0.15) is 17.4 Å². The number of nitrogens with one attached hydrogen (secondary N) is 1. The summed E-state index contributed by atoms with van der Waals surface area (Å²) < 4.78 is 17.7. The van der Waals surface area contributed by atoms with E-state index in [2.05, 4.69) is 42.4 Å². The highest BCUT2D eigenvalue weighted by molar-refractivity contribution is 5.80. The minimum atomic E-state index is -0.427. The Morgan fingerprint density at radius 2 is 1.68 bits per heavy atom. The standard InChI is InChI=1S/C26H31N7O4/c1-35-15-14-33-25(28-29-30-33)24(22-17-18-16-21(37-3)8-9-23(18)27-26(22)34)32-12-10-31(11-13-32)19-4-6-20(36-2)7-5-19/h4-9,16-17,24H,10-15H2,1-3H3,(H,27,34). The number of hydrogen-bond donors (Lipinski definition) is 1. The molecule has 5 rings (SSSR count). The molecule has 2 aromatic carbocycles. The van der Waals surface area contributed by atoms with Crippen molar-refractivity contribution in [3.63, 3.8) is 0 Å². The van der Waals surface area contributed by atoms with E-state index in [1.165, 1.54) is 0 Å². The first kappa shape index (κ1) is 24.7. The second-order valence-electron chi connectivity index (χ2n) is 8.88. The van der Waals surface area contributed by atoms with Gasteiger partial charge in [-0.1, -0.05) is 0 Å². The highest BCUT2D eigenvalue weighted by Gasteiger charge is 2.32. The summed E-state index contributed by atoms with van der Waals surface area (Å²) in [4.78, 5) is 21.0. The molecule has 0 spiro atoms. The quantitative estimate of drug-likeness (QED) is 0.366. The molecule has 4 aromatic rings. The van der Waals surface area contributed by atoms with Gasteiger partial charge >= 0.3 is 0 Å². The number of fused-ring (bicyclic) bond motifs is 1. The number of rotatable bonds is 9. The molecule has 1 saturated heterocycles. The molecular weight excluding hydrogens is 474 g/mol. The summed E-state index contributed by atoms with van der Waals surface area (Å²) in [5, 5.41) is 13.4. The molecule has 1 aliphatic heterocycles. The van der Waals surface area contributed by atoms with Crippen LogP contribution in [0.25, 0.3) is 10.9 Å². The van der Waals surface area contributed by atoms with Gasteiger partial charge in [0, 0.05) is 55.4 Å². The van der Waals surface area contributed by atoms with Gasteiger partial charge in [0.05, 0.1) is 27.4 Å². The Morgan fingerprint density at radius 3 is 2.38 bits per heavy atom. The summed E-state index contributed by atoms with van der Waals surface area (Å²) in [6.07, 6.45) is 0. The Kier molecular flexibility index (Phi) is 7.33. The van der Waals surface area contributed by atoms with E-state index < -0.39 is 6.04 Å². The van der Waals surface area contributed by atoms with Gasteiger partial charge in [-0.15, -0.1) is 5.10 Å². The molecular formula is C26H31N7O4. The zero-order valence-corrected chi connectivity index (χ0v) is 21.3. The van der Waals surface area contributed by atoms with Gasteiger partial charge in [0.2, 0.25) is 0 Å². The molecule has 0 amide bonds. The van der Waals surface area contributed by atoms with Crippen molar-refractivity contribution in [2.75, 3.05) is 59.0 Å². The molecule has 1 unspecified atom stereocenters. The van der Waals surface area contributed by atoms with Gasteiger partial charge in [-0.25, -0.2) is 4.68 Å². The number of anilines is 1. The first-order chi connectivity index (χ1) is 18.1. The Bertz CT molecular complexity index is 1390. The Labute approximate surface area is 214 Å². The third-order valence-electron chi connectivity index (χ3n) is 6.80. The van der Waals surface area contributed by atoms with Gasteiger partial charge in [0.15, 0.2) is 5.82 Å². The van der Waals surface area contributed by atoms with Gasteiger partial charge in [0.1, 0.15) is 17.5 Å². The van der Waals surface area contributed by atoms with E-state index in [0.29, 0.717) is 24.5 Å². The van der Waals surface area contributed by atoms with Crippen molar-refractivity contribution >= 4 is 16.6 Å². The molecule has 3 heterocycles. The number of H-pyrrole nitrogens is 1. The topological polar surface area (TPSA) is 111 Å². The minimum Gasteiger partial charge on any atom is -0.497 e. The second kappa shape index (κ2) is 11.0. The first-order valence-corrected chi connectivity index (χ1v) is 12.2.